The van der Waals surface area contributed by atoms with Crippen LogP contribution in [0.2, 0.25) is 5.02 Å². The number of nitrogens with zero attached hydrogens (tertiary/aromatic N) is 1. The first kappa shape index (κ1) is 18.0. The van der Waals surface area contributed by atoms with Crippen molar-refractivity contribution in [3.05, 3.63) is 28.8 Å². The molecule has 6 heteroatoms. The summed E-state index contributed by atoms with van der Waals surface area (Å²) in [6, 6.07) is 5.17. The number of carbonyl (C=O) groups is 1. The topological polar surface area (TPSA) is 53.6 Å². The Bertz CT molecular complexity index is 537. The Morgan fingerprint density at radius 2 is 2.26 bits per heavy atom. The summed E-state index contributed by atoms with van der Waals surface area (Å²) in [5, 5.41) is 6.39. The highest BCUT2D eigenvalue weighted by Gasteiger charge is 2.21. The monoisotopic (exact) mass is 339 g/mol. The van der Waals surface area contributed by atoms with Crippen molar-refractivity contribution in [1.82, 2.24) is 10.2 Å². The van der Waals surface area contributed by atoms with E-state index in [-0.39, 0.29) is 12.1 Å². The van der Waals surface area contributed by atoms with E-state index in [2.05, 4.69) is 29.4 Å². The smallest absolute Gasteiger partial charge is 0.319 e. The van der Waals surface area contributed by atoms with Crippen molar-refractivity contribution in [3.63, 3.8) is 0 Å². The van der Waals surface area contributed by atoms with Crippen molar-refractivity contribution in [2.24, 2.45) is 5.92 Å². The maximum atomic E-state index is 12.0. The van der Waals surface area contributed by atoms with E-state index in [0.29, 0.717) is 17.5 Å². The maximum Gasteiger partial charge on any atom is 0.319 e. The molecule has 0 radical (unpaired) electrons. The van der Waals surface area contributed by atoms with Crippen LogP contribution in [0.1, 0.15) is 19.4 Å². The largest absolute Gasteiger partial charge is 0.374 e. The Labute approximate surface area is 143 Å². The zero-order valence-electron chi connectivity index (χ0n) is 14.1. The molecule has 2 rings (SSSR count). The molecule has 2 N–H and O–H groups in total. The van der Waals surface area contributed by atoms with Gasteiger partial charge in [0.1, 0.15) is 0 Å². The first-order valence-electron chi connectivity index (χ1n) is 8.09. The lowest BCUT2D eigenvalue weighted by Gasteiger charge is -2.33. The third-order valence-corrected chi connectivity index (χ3v) is 4.01. The molecule has 0 saturated carbocycles. The van der Waals surface area contributed by atoms with E-state index < -0.39 is 0 Å². The molecule has 1 aromatic rings. The zero-order valence-corrected chi connectivity index (χ0v) is 14.8. The second-order valence-corrected chi connectivity index (χ2v) is 6.88. The molecule has 1 saturated heterocycles. The lowest BCUT2D eigenvalue weighted by Crippen LogP contribution is -2.48. The van der Waals surface area contributed by atoms with Crippen LogP contribution < -0.4 is 10.6 Å². The van der Waals surface area contributed by atoms with Crippen LogP contribution in [0, 0.1) is 12.8 Å². The summed E-state index contributed by atoms with van der Waals surface area (Å²) in [6.07, 6.45) is 0.0413. The second kappa shape index (κ2) is 8.52. The molecule has 2 amide bonds. The molecule has 0 aliphatic carbocycles. The highest BCUT2D eigenvalue weighted by atomic mass is 35.5. The lowest BCUT2D eigenvalue weighted by molar-refractivity contribution is -0.0288. The van der Waals surface area contributed by atoms with E-state index in [1.165, 1.54) is 0 Å². The number of hydrogen-bond donors (Lipinski definition) is 2. The number of anilines is 1. The summed E-state index contributed by atoms with van der Waals surface area (Å²) in [7, 11) is 0. The standard InChI is InChI=1S/C17H26ClN3O2/c1-12(2)10-21-6-7-23-15(11-21)9-19-17(22)20-16-5-4-14(18)8-13(16)3/h4-5,8,12,15H,6-7,9-11H2,1-3H3,(H2,19,20,22). The van der Waals surface area contributed by atoms with Crippen LogP contribution in [0.3, 0.4) is 0 Å². The number of nitrogens with one attached hydrogen (secondary N) is 2. The number of urea groups is 1. The van der Waals surface area contributed by atoms with E-state index in [1.54, 1.807) is 12.1 Å². The third-order valence-electron chi connectivity index (χ3n) is 3.77. The van der Waals surface area contributed by atoms with Gasteiger partial charge in [0.25, 0.3) is 0 Å². The number of benzene rings is 1. The van der Waals surface area contributed by atoms with Gasteiger partial charge in [-0.25, -0.2) is 4.79 Å². The molecule has 128 valence electrons. The second-order valence-electron chi connectivity index (χ2n) is 6.44. The van der Waals surface area contributed by atoms with Crippen LogP contribution in [0.4, 0.5) is 10.5 Å². The van der Waals surface area contributed by atoms with Gasteiger partial charge in [0.15, 0.2) is 0 Å². The number of amides is 2. The molecular formula is C17H26ClN3O2. The number of morpholine rings is 1. The Hall–Kier alpha value is -1.30. The Morgan fingerprint density at radius 3 is 2.96 bits per heavy atom. The van der Waals surface area contributed by atoms with Crippen LogP contribution in [0.5, 0.6) is 0 Å². The summed E-state index contributed by atoms with van der Waals surface area (Å²) in [5.41, 5.74) is 1.70. The molecule has 0 bridgehead atoms. The minimum absolute atomic E-state index is 0.0413. The van der Waals surface area contributed by atoms with Crippen LogP contribution in [0.15, 0.2) is 18.2 Å². The van der Waals surface area contributed by atoms with Gasteiger partial charge >= 0.3 is 6.03 Å². The van der Waals surface area contributed by atoms with Gasteiger partial charge in [-0.15, -0.1) is 0 Å². The number of aryl methyl sites for hydroxylation is 1. The minimum Gasteiger partial charge on any atom is -0.374 e. The zero-order chi connectivity index (χ0) is 16.8. The van der Waals surface area contributed by atoms with Crippen molar-refractivity contribution in [2.75, 3.05) is 38.1 Å². The average molecular weight is 340 g/mol. The van der Waals surface area contributed by atoms with Crippen molar-refractivity contribution in [3.8, 4) is 0 Å². The number of halogens is 1. The Kier molecular flexibility index (Phi) is 6.69. The van der Waals surface area contributed by atoms with Gasteiger partial charge in [-0.3, -0.25) is 4.90 Å². The fourth-order valence-electron chi connectivity index (χ4n) is 2.73. The minimum atomic E-state index is -0.222. The van der Waals surface area contributed by atoms with Crippen LogP contribution >= 0.6 is 11.6 Å². The van der Waals surface area contributed by atoms with Gasteiger partial charge in [-0.05, 0) is 36.6 Å². The normalized spacial score (nSPS) is 18.9. The SMILES string of the molecule is Cc1cc(Cl)ccc1NC(=O)NCC1CN(CC(C)C)CCO1. The van der Waals surface area contributed by atoms with Crippen LogP contribution in [0.25, 0.3) is 0 Å². The van der Waals surface area contributed by atoms with E-state index >= 15 is 0 Å². The molecule has 1 heterocycles. The molecule has 1 aliphatic rings. The molecule has 0 spiro atoms. The van der Waals surface area contributed by atoms with Gasteiger partial charge in [-0.1, -0.05) is 25.4 Å². The summed E-state index contributed by atoms with van der Waals surface area (Å²) < 4.78 is 5.73. The first-order chi connectivity index (χ1) is 10.9. The van der Waals surface area contributed by atoms with Crippen LogP contribution in [-0.4, -0.2) is 49.8 Å². The van der Waals surface area contributed by atoms with E-state index in [1.807, 2.05) is 13.0 Å². The Balaban J connectivity index is 1.77. The predicted molar refractivity (Wildman–Crippen MR) is 94.2 cm³/mol. The summed E-state index contributed by atoms with van der Waals surface area (Å²) in [4.78, 5) is 14.4. The number of hydrogen-bond acceptors (Lipinski definition) is 3. The quantitative estimate of drug-likeness (QED) is 0.866. The summed E-state index contributed by atoms with van der Waals surface area (Å²) >= 11 is 5.92. The van der Waals surface area contributed by atoms with E-state index in [4.69, 9.17) is 16.3 Å². The number of rotatable bonds is 5. The highest BCUT2D eigenvalue weighted by Crippen LogP contribution is 2.19. The summed E-state index contributed by atoms with van der Waals surface area (Å²) in [6.45, 7) is 10.5. The predicted octanol–water partition coefficient (Wildman–Crippen LogP) is 3.13. The molecule has 5 nitrogen and oxygen atoms in total. The maximum absolute atomic E-state index is 12.0. The molecule has 1 aliphatic heterocycles. The Morgan fingerprint density at radius 1 is 1.48 bits per heavy atom. The van der Waals surface area contributed by atoms with Gasteiger partial charge in [0.05, 0.1) is 12.7 Å². The molecule has 1 unspecified atom stereocenters. The molecule has 1 atom stereocenters. The van der Waals surface area contributed by atoms with Gasteiger partial charge in [0, 0.05) is 36.9 Å². The molecular weight excluding hydrogens is 314 g/mol. The lowest BCUT2D eigenvalue weighted by atomic mass is 10.2. The highest BCUT2D eigenvalue weighted by molar-refractivity contribution is 6.30. The number of ether oxygens (including phenoxy) is 1. The first-order valence-corrected chi connectivity index (χ1v) is 8.47. The van der Waals surface area contributed by atoms with Gasteiger partial charge in [0.2, 0.25) is 0 Å². The van der Waals surface area contributed by atoms with Crippen molar-refractivity contribution >= 4 is 23.3 Å². The number of carbonyl (C=O) groups excluding carboxylic acids is 1. The van der Waals surface area contributed by atoms with E-state index in [9.17, 15) is 4.79 Å². The van der Waals surface area contributed by atoms with Gasteiger partial charge in [-0.2, -0.15) is 0 Å². The van der Waals surface area contributed by atoms with Crippen molar-refractivity contribution < 1.29 is 9.53 Å². The van der Waals surface area contributed by atoms with Crippen molar-refractivity contribution in [1.29, 1.82) is 0 Å². The summed E-state index contributed by atoms with van der Waals surface area (Å²) in [5.74, 6) is 0.637. The van der Waals surface area contributed by atoms with Crippen LogP contribution in [-0.2, 0) is 4.74 Å². The molecule has 1 fully saturated rings. The molecule has 1 aromatic carbocycles. The van der Waals surface area contributed by atoms with Gasteiger partial charge < -0.3 is 15.4 Å². The molecule has 23 heavy (non-hydrogen) atoms. The van der Waals surface area contributed by atoms with E-state index in [0.717, 1.165) is 37.5 Å². The fraction of sp³-hybridized carbons (Fsp3) is 0.588. The fourth-order valence-corrected chi connectivity index (χ4v) is 2.95. The third kappa shape index (κ3) is 6.01. The molecule has 0 aromatic heterocycles. The van der Waals surface area contributed by atoms with Crippen molar-refractivity contribution in [2.45, 2.75) is 26.9 Å². The average Bonchev–Trinajstić information content (AvgIpc) is 2.48.